The zero-order valence-electron chi connectivity index (χ0n) is 6.23. The Kier molecular flexibility index (Phi) is 3.70. The summed E-state index contributed by atoms with van der Waals surface area (Å²) in [5, 5.41) is 0. The van der Waals surface area contributed by atoms with Crippen molar-refractivity contribution >= 4 is 26.8 Å². The number of hydrogen-bond donors (Lipinski definition) is 0. The van der Waals surface area contributed by atoms with Gasteiger partial charge >= 0.3 is 0 Å². The van der Waals surface area contributed by atoms with E-state index < -0.39 is 0 Å². The van der Waals surface area contributed by atoms with Gasteiger partial charge in [0.25, 0.3) is 5.88 Å². The third kappa shape index (κ3) is 1.85. The predicted molar refractivity (Wildman–Crippen MR) is 52.2 cm³/mol. The maximum atomic E-state index is 5.41. The Bertz CT molecular complexity index is 251. The third-order valence-electron chi connectivity index (χ3n) is 1.27. The van der Waals surface area contributed by atoms with Crippen molar-refractivity contribution in [3.05, 3.63) is 12.0 Å². The zero-order chi connectivity index (χ0) is 8.97. The van der Waals surface area contributed by atoms with E-state index in [1.54, 1.807) is 0 Å². The average Bonchev–Trinajstić information content (AvgIpc) is 2.16. The lowest BCUT2D eigenvalue weighted by Gasteiger charge is -2.07. The first-order valence-electron chi connectivity index (χ1n) is 3.11. The molecule has 0 aromatic carbocycles. The lowest BCUT2D eigenvalue weighted by Crippen LogP contribution is -1.96. The molecule has 1 aromatic rings. The fourth-order valence-electron chi connectivity index (χ4n) is 0.739. The molecule has 2 atom stereocenters. The quantitative estimate of drug-likeness (QED) is 0.525. The first kappa shape index (κ1) is 9.69. The standard InChI is InChI=1S/C5H7BN2O2P2/c6-1-3-4(9-11)5(10-12)8-2-7-3/h2H,1,11-12H2. The van der Waals surface area contributed by atoms with Crippen molar-refractivity contribution in [3.8, 4) is 11.6 Å². The minimum absolute atomic E-state index is 0.285. The summed E-state index contributed by atoms with van der Waals surface area (Å²) in [7, 11) is 9.58. The average molecular weight is 200 g/mol. The summed E-state index contributed by atoms with van der Waals surface area (Å²) in [6.07, 6.45) is 1.65. The minimum Gasteiger partial charge on any atom is -0.473 e. The topological polar surface area (TPSA) is 44.2 Å². The molecule has 2 unspecified atom stereocenters. The largest absolute Gasteiger partial charge is 0.473 e. The molecule has 0 spiro atoms. The third-order valence-corrected chi connectivity index (χ3v) is 1.73. The van der Waals surface area contributed by atoms with Gasteiger partial charge in [-0.15, -0.1) is 0 Å². The van der Waals surface area contributed by atoms with Crippen molar-refractivity contribution in [1.82, 2.24) is 9.97 Å². The molecule has 0 saturated heterocycles. The molecule has 0 aliphatic heterocycles. The van der Waals surface area contributed by atoms with Crippen LogP contribution in [-0.2, 0) is 6.32 Å². The fourth-order valence-corrected chi connectivity index (χ4v) is 1.14. The van der Waals surface area contributed by atoms with Crippen LogP contribution in [0, 0.1) is 0 Å². The van der Waals surface area contributed by atoms with Gasteiger partial charge in [-0.1, -0.05) is 0 Å². The Balaban J connectivity index is 3.13. The van der Waals surface area contributed by atoms with Crippen LogP contribution in [-0.4, -0.2) is 17.8 Å². The molecule has 62 valence electrons. The zero-order valence-corrected chi connectivity index (χ0v) is 8.54. The summed E-state index contributed by atoms with van der Waals surface area (Å²) >= 11 is 0. The summed E-state index contributed by atoms with van der Waals surface area (Å²) in [6.45, 7) is 0. The molecule has 0 aliphatic rings. The van der Waals surface area contributed by atoms with Gasteiger partial charge in [0.15, 0.2) is 0 Å². The molecule has 0 fully saturated rings. The molecule has 1 rings (SSSR count). The molecule has 1 aromatic heterocycles. The molecule has 1 heterocycles. The molecule has 12 heavy (non-hydrogen) atoms. The maximum absolute atomic E-state index is 5.41. The van der Waals surface area contributed by atoms with Gasteiger partial charge in [-0.05, 0) is 6.32 Å². The van der Waals surface area contributed by atoms with E-state index in [9.17, 15) is 0 Å². The Morgan fingerprint density at radius 3 is 2.58 bits per heavy atom. The lowest BCUT2D eigenvalue weighted by molar-refractivity contribution is 0.537. The Morgan fingerprint density at radius 1 is 1.33 bits per heavy atom. The second kappa shape index (κ2) is 4.59. The summed E-state index contributed by atoms with van der Waals surface area (Å²) in [6, 6.07) is 0. The number of rotatable bonds is 3. The van der Waals surface area contributed by atoms with Gasteiger partial charge in [0, 0.05) is 0 Å². The van der Waals surface area contributed by atoms with E-state index >= 15 is 0 Å². The molecule has 2 radical (unpaired) electrons. The minimum atomic E-state index is 0.285. The first-order valence-corrected chi connectivity index (χ1v) is 4.05. The van der Waals surface area contributed by atoms with Crippen LogP contribution < -0.4 is 9.05 Å². The van der Waals surface area contributed by atoms with E-state index in [0.717, 1.165) is 0 Å². The van der Waals surface area contributed by atoms with Crippen molar-refractivity contribution in [2.24, 2.45) is 0 Å². The second-order valence-electron chi connectivity index (χ2n) is 1.89. The summed E-state index contributed by atoms with van der Waals surface area (Å²) in [4.78, 5) is 7.74. The monoisotopic (exact) mass is 200 g/mol. The molecule has 0 amide bonds. The predicted octanol–water partition coefficient (Wildman–Crippen LogP) is 0.483. The Labute approximate surface area is 76.4 Å². The lowest BCUT2D eigenvalue weighted by atomic mass is 10.0. The highest BCUT2D eigenvalue weighted by atomic mass is 31.0. The molecular weight excluding hydrogens is 193 g/mol. The summed E-state index contributed by atoms with van der Waals surface area (Å²) in [5.41, 5.74) is 0.609. The first-order chi connectivity index (χ1) is 5.83. The van der Waals surface area contributed by atoms with Crippen molar-refractivity contribution < 1.29 is 9.05 Å². The normalized spacial score (nSPS) is 9.50. The second-order valence-corrected chi connectivity index (χ2v) is 2.37. The van der Waals surface area contributed by atoms with Gasteiger partial charge < -0.3 is 9.05 Å². The molecule has 0 aliphatic carbocycles. The van der Waals surface area contributed by atoms with E-state index in [4.69, 9.17) is 16.9 Å². The van der Waals surface area contributed by atoms with E-state index in [1.807, 2.05) is 0 Å². The van der Waals surface area contributed by atoms with E-state index in [2.05, 4.69) is 28.9 Å². The number of hydrogen-bond acceptors (Lipinski definition) is 4. The fraction of sp³-hybridized carbons (Fsp3) is 0.200. The molecule has 7 heteroatoms. The SMILES string of the molecule is [B]Cc1ncnc(OP)c1OP. The molecular formula is C5H7BN2O2P2. The smallest absolute Gasteiger partial charge is 0.262 e. The van der Waals surface area contributed by atoms with E-state index in [1.165, 1.54) is 6.33 Å². The Morgan fingerprint density at radius 2 is 2.08 bits per heavy atom. The summed E-state index contributed by atoms with van der Waals surface area (Å²) in [5.74, 6) is 0.797. The van der Waals surface area contributed by atoms with Crippen LogP contribution in [0.2, 0.25) is 0 Å². The molecule has 0 N–H and O–H groups in total. The highest BCUT2D eigenvalue weighted by Gasteiger charge is 2.09. The van der Waals surface area contributed by atoms with Crippen LogP contribution in [0.25, 0.3) is 0 Å². The van der Waals surface area contributed by atoms with Gasteiger partial charge in [-0.25, -0.2) is 4.98 Å². The highest BCUT2D eigenvalue weighted by Crippen LogP contribution is 2.29. The van der Waals surface area contributed by atoms with Crippen LogP contribution in [0.5, 0.6) is 11.6 Å². The van der Waals surface area contributed by atoms with Crippen LogP contribution in [0.1, 0.15) is 5.69 Å². The van der Waals surface area contributed by atoms with Gasteiger partial charge in [-0.3, -0.25) is 0 Å². The molecule has 0 bridgehead atoms. The maximum Gasteiger partial charge on any atom is 0.262 e. The van der Waals surface area contributed by atoms with Crippen molar-refractivity contribution in [2.75, 3.05) is 0 Å². The van der Waals surface area contributed by atoms with Gasteiger partial charge in [0.05, 0.1) is 32.5 Å². The van der Waals surface area contributed by atoms with Crippen LogP contribution in [0.15, 0.2) is 6.33 Å². The van der Waals surface area contributed by atoms with Crippen molar-refractivity contribution in [2.45, 2.75) is 6.32 Å². The number of aromatic nitrogens is 2. The van der Waals surface area contributed by atoms with Gasteiger partial charge in [0.2, 0.25) is 5.75 Å². The molecule has 4 nitrogen and oxygen atoms in total. The van der Waals surface area contributed by atoms with Crippen LogP contribution in [0.3, 0.4) is 0 Å². The van der Waals surface area contributed by atoms with Crippen LogP contribution in [0.4, 0.5) is 0 Å². The van der Waals surface area contributed by atoms with E-state index in [-0.39, 0.29) is 6.32 Å². The number of nitrogens with zero attached hydrogens (tertiary/aromatic N) is 2. The highest BCUT2D eigenvalue weighted by molar-refractivity contribution is 7.10. The van der Waals surface area contributed by atoms with Gasteiger partial charge in [0.1, 0.15) is 6.33 Å². The van der Waals surface area contributed by atoms with Crippen molar-refractivity contribution in [1.29, 1.82) is 0 Å². The Hall–Kier alpha value is -0.395. The van der Waals surface area contributed by atoms with E-state index in [0.29, 0.717) is 17.3 Å². The molecule has 0 saturated carbocycles. The van der Waals surface area contributed by atoms with Crippen molar-refractivity contribution in [3.63, 3.8) is 0 Å². The van der Waals surface area contributed by atoms with Crippen LogP contribution >= 0.6 is 18.9 Å². The summed E-state index contributed by atoms with van der Waals surface area (Å²) < 4.78 is 9.78. The van der Waals surface area contributed by atoms with Gasteiger partial charge in [-0.2, -0.15) is 4.98 Å².